The second-order valence-corrected chi connectivity index (χ2v) is 3.60. The molecule has 1 N–H and O–H groups in total. The molecule has 1 nitrogen and oxygen atoms in total. The van der Waals surface area contributed by atoms with Gasteiger partial charge in [-0.2, -0.15) is 0 Å². The van der Waals surface area contributed by atoms with Crippen LogP contribution in [-0.2, 0) is 0 Å². The number of benzene rings is 2. The second-order valence-electron chi connectivity index (χ2n) is 2.75. The summed E-state index contributed by atoms with van der Waals surface area (Å²) in [6.45, 7) is 0. The summed E-state index contributed by atoms with van der Waals surface area (Å²) in [6, 6.07) is 15.2. The number of halogens is 2. The summed E-state index contributed by atoms with van der Waals surface area (Å²) in [5.41, 5.74) is 0. The highest BCUT2D eigenvalue weighted by molar-refractivity contribution is 9.10. The van der Waals surface area contributed by atoms with Gasteiger partial charge in [0.15, 0.2) is 0 Å². The monoisotopic (exact) mass is 268 g/mol. The van der Waals surface area contributed by atoms with Crippen molar-refractivity contribution in [1.29, 1.82) is 0 Å². The van der Waals surface area contributed by atoms with Gasteiger partial charge in [-0.05, 0) is 40.2 Å². The minimum atomic E-state index is -0.215. The summed E-state index contributed by atoms with van der Waals surface area (Å²) in [5, 5.41) is 8.63. The molecule has 0 aliphatic heterocycles. The normalized spacial score (nSPS) is 8.93. The van der Waals surface area contributed by atoms with Crippen LogP contribution in [0.3, 0.4) is 0 Å². The quantitative estimate of drug-likeness (QED) is 0.766. The van der Waals surface area contributed by atoms with Gasteiger partial charge >= 0.3 is 0 Å². The lowest BCUT2D eigenvalue weighted by molar-refractivity contribution is 0.475. The third kappa shape index (κ3) is 4.61. The third-order valence-electron chi connectivity index (χ3n) is 1.58. The number of hydrogen-bond acceptors (Lipinski definition) is 1. The summed E-state index contributed by atoms with van der Waals surface area (Å²) in [4.78, 5) is 0. The summed E-state index contributed by atoms with van der Waals surface area (Å²) in [6.07, 6.45) is 0. The Kier molecular flexibility index (Phi) is 4.84. The Morgan fingerprint density at radius 1 is 0.867 bits per heavy atom. The molecule has 15 heavy (non-hydrogen) atoms. The van der Waals surface area contributed by atoms with E-state index in [9.17, 15) is 4.39 Å². The van der Waals surface area contributed by atoms with E-state index in [1.54, 1.807) is 42.5 Å². The molecule has 0 bridgehead atoms. The van der Waals surface area contributed by atoms with Gasteiger partial charge in [-0.3, -0.25) is 0 Å². The molecule has 0 radical (unpaired) electrons. The number of phenols is 1. The van der Waals surface area contributed by atoms with Crippen molar-refractivity contribution in [3.63, 3.8) is 0 Å². The predicted octanol–water partition coefficient (Wildman–Crippen LogP) is 3.98. The SMILES string of the molecule is Fc1ccccc1Br.Oc1ccccc1. The molecule has 3 heteroatoms. The highest BCUT2D eigenvalue weighted by atomic mass is 79.9. The molecular weight excluding hydrogens is 259 g/mol. The first-order chi connectivity index (χ1) is 7.20. The van der Waals surface area contributed by atoms with E-state index in [4.69, 9.17) is 5.11 Å². The first-order valence-electron chi connectivity index (χ1n) is 4.34. The van der Waals surface area contributed by atoms with Gasteiger partial charge in [-0.15, -0.1) is 0 Å². The number of aromatic hydroxyl groups is 1. The van der Waals surface area contributed by atoms with Crippen molar-refractivity contribution in [2.75, 3.05) is 0 Å². The van der Waals surface area contributed by atoms with Gasteiger partial charge in [0.1, 0.15) is 11.6 Å². The Morgan fingerprint density at radius 2 is 1.40 bits per heavy atom. The zero-order chi connectivity index (χ0) is 11.1. The number of hydrogen-bond donors (Lipinski definition) is 1. The highest BCUT2D eigenvalue weighted by Gasteiger charge is 1.90. The first-order valence-corrected chi connectivity index (χ1v) is 5.13. The smallest absolute Gasteiger partial charge is 0.137 e. The molecule has 0 saturated heterocycles. The van der Waals surface area contributed by atoms with E-state index in [0.717, 1.165) is 0 Å². The topological polar surface area (TPSA) is 20.2 Å². The fourth-order valence-electron chi connectivity index (χ4n) is 0.867. The maximum absolute atomic E-state index is 12.3. The molecule has 0 unspecified atom stereocenters. The minimum Gasteiger partial charge on any atom is -0.508 e. The fourth-order valence-corrected chi connectivity index (χ4v) is 1.15. The highest BCUT2D eigenvalue weighted by Crippen LogP contribution is 2.12. The Morgan fingerprint density at radius 3 is 1.73 bits per heavy atom. The van der Waals surface area contributed by atoms with E-state index in [-0.39, 0.29) is 5.82 Å². The maximum atomic E-state index is 12.3. The van der Waals surface area contributed by atoms with Crippen LogP contribution in [-0.4, -0.2) is 5.11 Å². The van der Waals surface area contributed by atoms with E-state index in [2.05, 4.69) is 15.9 Å². The lowest BCUT2D eigenvalue weighted by Gasteiger charge is -1.87. The standard InChI is InChI=1S/C6H4BrF.C6H6O/c7-5-3-1-2-4-6(5)8;7-6-4-2-1-3-5-6/h1-4H;1-5,7H. The molecule has 2 aromatic carbocycles. The van der Waals surface area contributed by atoms with E-state index < -0.39 is 0 Å². The molecule has 0 saturated carbocycles. The molecule has 0 aromatic heterocycles. The van der Waals surface area contributed by atoms with Crippen LogP contribution in [0.1, 0.15) is 0 Å². The van der Waals surface area contributed by atoms with Gasteiger partial charge < -0.3 is 5.11 Å². The summed E-state index contributed by atoms with van der Waals surface area (Å²) in [5.74, 6) is 0.106. The van der Waals surface area contributed by atoms with E-state index in [1.807, 2.05) is 6.07 Å². The van der Waals surface area contributed by atoms with Crippen molar-refractivity contribution in [1.82, 2.24) is 0 Å². The molecule has 2 aromatic rings. The zero-order valence-electron chi connectivity index (χ0n) is 7.90. The third-order valence-corrected chi connectivity index (χ3v) is 2.22. The average Bonchev–Trinajstić information content (AvgIpc) is 2.25. The summed E-state index contributed by atoms with van der Waals surface area (Å²) >= 11 is 3.02. The molecule has 0 fully saturated rings. The maximum Gasteiger partial charge on any atom is 0.137 e. The Hall–Kier alpha value is -1.35. The van der Waals surface area contributed by atoms with Crippen molar-refractivity contribution >= 4 is 15.9 Å². The second kappa shape index (κ2) is 6.19. The van der Waals surface area contributed by atoms with Crippen LogP contribution in [0, 0.1) is 5.82 Å². The summed E-state index contributed by atoms with van der Waals surface area (Å²) in [7, 11) is 0. The zero-order valence-corrected chi connectivity index (χ0v) is 9.49. The lowest BCUT2D eigenvalue weighted by atomic mass is 10.3. The Bertz CT molecular complexity index is 382. The van der Waals surface area contributed by atoms with E-state index >= 15 is 0 Å². The van der Waals surface area contributed by atoms with Crippen molar-refractivity contribution in [3.05, 3.63) is 64.9 Å². The van der Waals surface area contributed by atoms with Gasteiger partial charge in [0.25, 0.3) is 0 Å². The minimum absolute atomic E-state index is 0.215. The van der Waals surface area contributed by atoms with Gasteiger partial charge in [-0.25, -0.2) is 4.39 Å². The van der Waals surface area contributed by atoms with Gasteiger partial charge in [0.05, 0.1) is 4.47 Å². The van der Waals surface area contributed by atoms with Gasteiger partial charge in [0, 0.05) is 0 Å². The molecular formula is C12H10BrFO. The van der Waals surface area contributed by atoms with Gasteiger partial charge in [0.2, 0.25) is 0 Å². The van der Waals surface area contributed by atoms with Crippen LogP contribution < -0.4 is 0 Å². The molecule has 0 amide bonds. The van der Waals surface area contributed by atoms with Crippen molar-refractivity contribution in [2.45, 2.75) is 0 Å². The van der Waals surface area contributed by atoms with Crippen molar-refractivity contribution in [3.8, 4) is 5.75 Å². The van der Waals surface area contributed by atoms with Crippen molar-refractivity contribution in [2.24, 2.45) is 0 Å². The predicted molar refractivity (Wildman–Crippen MR) is 62.2 cm³/mol. The molecule has 78 valence electrons. The Labute approximate surface area is 96.3 Å². The average molecular weight is 269 g/mol. The van der Waals surface area contributed by atoms with Crippen LogP contribution in [0.15, 0.2) is 59.1 Å². The number of phenolic OH excluding ortho intramolecular Hbond substituents is 1. The molecule has 0 atom stereocenters. The molecule has 0 aliphatic carbocycles. The molecule has 0 spiro atoms. The van der Waals surface area contributed by atoms with Crippen LogP contribution in [0.25, 0.3) is 0 Å². The van der Waals surface area contributed by atoms with Gasteiger partial charge in [-0.1, -0.05) is 30.3 Å². The fraction of sp³-hybridized carbons (Fsp3) is 0. The Balaban J connectivity index is 0.000000151. The largest absolute Gasteiger partial charge is 0.508 e. The van der Waals surface area contributed by atoms with Crippen LogP contribution in [0.5, 0.6) is 5.75 Å². The van der Waals surface area contributed by atoms with Crippen LogP contribution in [0.2, 0.25) is 0 Å². The van der Waals surface area contributed by atoms with Crippen LogP contribution >= 0.6 is 15.9 Å². The van der Waals surface area contributed by atoms with E-state index in [0.29, 0.717) is 10.2 Å². The van der Waals surface area contributed by atoms with E-state index in [1.165, 1.54) is 6.07 Å². The molecule has 0 heterocycles. The first kappa shape index (κ1) is 11.7. The summed E-state index contributed by atoms with van der Waals surface area (Å²) < 4.78 is 12.8. The number of rotatable bonds is 0. The molecule has 0 aliphatic rings. The lowest BCUT2D eigenvalue weighted by Crippen LogP contribution is -1.70. The number of para-hydroxylation sites is 1. The van der Waals surface area contributed by atoms with Crippen LogP contribution in [0.4, 0.5) is 4.39 Å². The molecule has 2 rings (SSSR count). The van der Waals surface area contributed by atoms with Crippen molar-refractivity contribution < 1.29 is 9.50 Å².